The fourth-order valence-electron chi connectivity index (χ4n) is 0.995. The first-order valence-corrected chi connectivity index (χ1v) is 4.59. The van der Waals surface area contributed by atoms with Gasteiger partial charge in [0, 0.05) is 11.7 Å². The number of rotatable bonds is 0. The molecule has 0 unspecified atom stereocenters. The van der Waals surface area contributed by atoms with E-state index in [-0.39, 0.29) is 5.34 Å². The molecule has 0 fully saturated rings. The Bertz CT molecular complexity index is 300. The number of aromatic amines is 1. The van der Waals surface area contributed by atoms with Crippen LogP contribution < -0.4 is 0 Å². The maximum atomic E-state index is 4.76. The third-order valence-corrected chi connectivity index (χ3v) is 1.46. The van der Waals surface area contributed by atoms with Gasteiger partial charge in [0.2, 0.25) is 0 Å². The number of benzene rings is 1. The standard InChI is InChI=1S/C8H7N.CH2Cl2/c1-2-4-8-7(3-1)5-6-9-8;2-1-3/h1-6,9H;1H2. The summed E-state index contributed by atoms with van der Waals surface area (Å²) in [4.78, 5) is 3.12. The minimum atomic E-state index is 0.194. The molecule has 1 aromatic carbocycles. The molecule has 0 atom stereocenters. The van der Waals surface area contributed by atoms with Crippen LogP contribution in [0.5, 0.6) is 0 Å². The van der Waals surface area contributed by atoms with Crippen LogP contribution in [-0.4, -0.2) is 10.3 Å². The van der Waals surface area contributed by atoms with Crippen LogP contribution in [0.3, 0.4) is 0 Å². The van der Waals surface area contributed by atoms with Gasteiger partial charge in [0.15, 0.2) is 0 Å². The van der Waals surface area contributed by atoms with Crippen molar-refractivity contribution in [2.24, 2.45) is 0 Å². The third kappa shape index (κ3) is 2.43. The predicted molar refractivity (Wildman–Crippen MR) is 54.9 cm³/mol. The normalized spacial score (nSPS) is 9.17. The first kappa shape index (κ1) is 9.43. The smallest absolute Gasteiger partial charge is 0.0967 e. The van der Waals surface area contributed by atoms with Crippen molar-refractivity contribution in [3.05, 3.63) is 36.5 Å². The van der Waals surface area contributed by atoms with Gasteiger partial charge in [-0.15, -0.1) is 23.2 Å². The topological polar surface area (TPSA) is 15.8 Å². The molecule has 0 aliphatic carbocycles. The molecule has 0 bridgehead atoms. The molecule has 1 aromatic heterocycles. The van der Waals surface area contributed by atoms with Crippen molar-refractivity contribution in [2.75, 3.05) is 5.34 Å². The summed E-state index contributed by atoms with van der Waals surface area (Å²) < 4.78 is 0. The molecule has 2 rings (SSSR count). The second-order valence-electron chi connectivity index (χ2n) is 2.17. The van der Waals surface area contributed by atoms with Crippen molar-refractivity contribution in [2.45, 2.75) is 0 Å². The Morgan fingerprint density at radius 1 is 1.08 bits per heavy atom. The lowest BCUT2D eigenvalue weighted by molar-refractivity contribution is 1.48. The van der Waals surface area contributed by atoms with Gasteiger partial charge >= 0.3 is 0 Å². The van der Waals surface area contributed by atoms with Crippen LogP contribution in [0.15, 0.2) is 36.5 Å². The number of halogens is 2. The van der Waals surface area contributed by atoms with Gasteiger partial charge in [-0.2, -0.15) is 0 Å². The number of aromatic nitrogens is 1. The summed E-state index contributed by atoms with van der Waals surface area (Å²) in [6, 6.07) is 10.3. The second-order valence-corrected chi connectivity index (χ2v) is 2.97. The highest BCUT2D eigenvalue weighted by Gasteiger charge is 1.86. The zero-order valence-corrected chi connectivity index (χ0v) is 7.94. The molecule has 0 amide bonds. The number of hydrogen-bond donors (Lipinski definition) is 1. The van der Waals surface area contributed by atoms with Crippen LogP contribution >= 0.6 is 23.2 Å². The largest absolute Gasteiger partial charge is 0.361 e. The van der Waals surface area contributed by atoms with Gasteiger partial charge in [0.25, 0.3) is 0 Å². The van der Waals surface area contributed by atoms with E-state index < -0.39 is 0 Å². The molecule has 0 aliphatic rings. The maximum Gasteiger partial charge on any atom is 0.0967 e. The molecule has 2 aromatic rings. The van der Waals surface area contributed by atoms with E-state index in [9.17, 15) is 0 Å². The fourth-order valence-corrected chi connectivity index (χ4v) is 0.995. The van der Waals surface area contributed by atoms with E-state index in [0.717, 1.165) is 0 Å². The number of fused-ring (bicyclic) bond motifs is 1. The van der Waals surface area contributed by atoms with Crippen molar-refractivity contribution in [3.8, 4) is 0 Å². The summed E-state index contributed by atoms with van der Waals surface area (Å²) >= 11 is 9.53. The third-order valence-electron chi connectivity index (χ3n) is 1.46. The minimum Gasteiger partial charge on any atom is -0.361 e. The lowest BCUT2D eigenvalue weighted by atomic mass is 10.3. The van der Waals surface area contributed by atoms with Gasteiger partial charge in [-0.1, -0.05) is 18.2 Å². The highest BCUT2D eigenvalue weighted by molar-refractivity contribution is 6.40. The summed E-state index contributed by atoms with van der Waals surface area (Å²) in [6.07, 6.45) is 1.95. The first-order chi connectivity index (χ1) is 5.88. The van der Waals surface area contributed by atoms with Crippen LogP contribution in [-0.2, 0) is 0 Å². The Morgan fingerprint density at radius 3 is 2.42 bits per heavy atom. The summed E-state index contributed by atoms with van der Waals surface area (Å²) in [5, 5.41) is 1.47. The number of nitrogens with one attached hydrogen (secondary N) is 1. The van der Waals surface area contributed by atoms with Crippen molar-refractivity contribution in [1.82, 2.24) is 4.98 Å². The molecule has 0 saturated carbocycles. The van der Waals surface area contributed by atoms with Crippen molar-refractivity contribution in [3.63, 3.8) is 0 Å². The van der Waals surface area contributed by atoms with Gasteiger partial charge < -0.3 is 4.98 Å². The lowest BCUT2D eigenvalue weighted by Crippen LogP contribution is -1.61. The molecule has 1 heterocycles. The van der Waals surface area contributed by atoms with Gasteiger partial charge in [-0.25, -0.2) is 0 Å². The summed E-state index contributed by atoms with van der Waals surface area (Å²) in [5.74, 6) is 0. The Kier molecular flexibility index (Phi) is 3.98. The monoisotopic (exact) mass is 201 g/mol. The fraction of sp³-hybridized carbons (Fsp3) is 0.111. The summed E-state index contributed by atoms with van der Waals surface area (Å²) in [7, 11) is 0. The quantitative estimate of drug-likeness (QED) is 0.628. The van der Waals surface area contributed by atoms with Crippen molar-refractivity contribution >= 4 is 34.1 Å². The average molecular weight is 202 g/mol. The van der Waals surface area contributed by atoms with Crippen molar-refractivity contribution in [1.29, 1.82) is 0 Å². The number of H-pyrrole nitrogens is 1. The second kappa shape index (κ2) is 5.07. The molecule has 0 saturated heterocycles. The Morgan fingerprint density at radius 2 is 1.75 bits per heavy atom. The average Bonchev–Trinajstić information content (AvgIpc) is 2.52. The van der Waals surface area contributed by atoms with Crippen LogP contribution in [0.4, 0.5) is 0 Å². The van der Waals surface area contributed by atoms with Crippen LogP contribution in [0.2, 0.25) is 0 Å². The Balaban J connectivity index is 0.000000213. The van der Waals surface area contributed by atoms with E-state index in [4.69, 9.17) is 23.2 Å². The predicted octanol–water partition coefficient (Wildman–Crippen LogP) is 3.59. The van der Waals surface area contributed by atoms with E-state index in [0.29, 0.717) is 0 Å². The van der Waals surface area contributed by atoms with Gasteiger partial charge in [-0.05, 0) is 17.5 Å². The van der Waals surface area contributed by atoms with Crippen LogP contribution in [0, 0.1) is 0 Å². The van der Waals surface area contributed by atoms with Gasteiger partial charge in [0.1, 0.15) is 0 Å². The van der Waals surface area contributed by atoms with Crippen LogP contribution in [0.25, 0.3) is 10.9 Å². The van der Waals surface area contributed by atoms with E-state index in [1.54, 1.807) is 0 Å². The number of alkyl halides is 2. The summed E-state index contributed by atoms with van der Waals surface area (Å²) in [5.41, 5.74) is 1.21. The van der Waals surface area contributed by atoms with Crippen LogP contribution in [0.1, 0.15) is 0 Å². The highest BCUT2D eigenvalue weighted by atomic mass is 35.5. The number of para-hydroxylation sites is 1. The molecule has 0 aliphatic heterocycles. The molecule has 64 valence electrons. The van der Waals surface area contributed by atoms with E-state index >= 15 is 0 Å². The molecule has 3 heteroatoms. The molecular formula is C9H9Cl2N. The highest BCUT2D eigenvalue weighted by Crippen LogP contribution is 2.09. The zero-order valence-electron chi connectivity index (χ0n) is 6.43. The van der Waals surface area contributed by atoms with Crippen molar-refractivity contribution < 1.29 is 0 Å². The molecule has 12 heavy (non-hydrogen) atoms. The molecule has 0 spiro atoms. The minimum absolute atomic E-state index is 0.194. The molecule has 1 N–H and O–H groups in total. The molecular weight excluding hydrogens is 193 g/mol. The summed E-state index contributed by atoms with van der Waals surface area (Å²) in [6.45, 7) is 0. The van der Waals surface area contributed by atoms with E-state index in [2.05, 4.69) is 23.2 Å². The first-order valence-electron chi connectivity index (χ1n) is 3.52. The SMILES string of the molecule is ClCCl.c1ccc2[nH]ccc2c1. The van der Waals surface area contributed by atoms with E-state index in [1.165, 1.54) is 10.9 Å². The number of hydrogen-bond acceptors (Lipinski definition) is 0. The van der Waals surface area contributed by atoms with E-state index in [1.807, 2.05) is 18.3 Å². The maximum absolute atomic E-state index is 4.76. The van der Waals surface area contributed by atoms with Gasteiger partial charge in [-0.3, -0.25) is 0 Å². The Labute approximate surface area is 81.3 Å². The Hall–Kier alpha value is -0.660. The lowest BCUT2D eigenvalue weighted by Gasteiger charge is -1.83. The molecule has 0 radical (unpaired) electrons. The zero-order chi connectivity index (χ0) is 8.81. The molecule has 1 nitrogen and oxygen atoms in total. The van der Waals surface area contributed by atoms with Gasteiger partial charge in [0.05, 0.1) is 5.34 Å².